The molecule has 1 aliphatic heterocycles. The Bertz CT molecular complexity index is 98.7. The highest BCUT2D eigenvalue weighted by atomic mass is 16.5. The van der Waals surface area contributed by atoms with Crippen LogP contribution in [0.5, 0.6) is 0 Å². The molecular weight excluding hydrogens is 112 g/mol. The molecule has 1 nitrogen and oxygen atoms in total. The maximum absolute atomic E-state index is 5.36. The van der Waals surface area contributed by atoms with Crippen molar-refractivity contribution in [1.82, 2.24) is 0 Å². The molecule has 0 aromatic carbocycles. The fourth-order valence-corrected chi connectivity index (χ4v) is 1.25. The van der Waals surface area contributed by atoms with Crippen LogP contribution in [0.25, 0.3) is 0 Å². The first-order valence-electron chi connectivity index (χ1n) is 3.57. The van der Waals surface area contributed by atoms with Crippen molar-refractivity contribution in [2.45, 2.75) is 25.9 Å². The van der Waals surface area contributed by atoms with Gasteiger partial charge < -0.3 is 4.74 Å². The second-order valence-corrected chi connectivity index (χ2v) is 2.70. The molecule has 2 atom stereocenters. The molecule has 1 unspecified atom stereocenters. The molecule has 0 aromatic rings. The maximum Gasteiger partial charge on any atom is 0.0552 e. The van der Waals surface area contributed by atoms with Crippen LogP contribution in [0.1, 0.15) is 19.8 Å². The largest absolute Gasteiger partial charge is 0.378 e. The molecule has 52 valence electrons. The second kappa shape index (κ2) is 3.02. The lowest BCUT2D eigenvalue weighted by molar-refractivity contribution is 0.0127. The molecule has 1 fully saturated rings. The van der Waals surface area contributed by atoms with Gasteiger partial charge in [0.1, 0.15) is 0 Å². The Hall–Kier alpha value is -0.300. The van der Waals surface area contributed by atoms with Gasteiger partial charge in [0, 0.05) is 6.61 Å². The van der Waals surface area contributed by atoms with Crippen LogP contribution in [-0.4, -0.2) is 12.7 Å². The number of ether oxygens (including phenoxy) is 1. The third kappa shape index (κ3) is 1.83. The average Bonchev–Trinajstić information content (AvgIpc) is 1.88. The minimum Gasteiger partial charge on any atom is -0.378 e. The van der Waals surface area contributed by atoms with Crippen molar-refractivity contribution in [1.29, 1.82) is 0 Å². The Balaban J connectivity index is 2.31. The van der Waals surface area contributed by atoms with E-state index in [1.165, 1.54) is 0 Å². The van der Waals surface area contributed by atoms with Crippen molar-refractivity contribution in [3.8, 4) is 0 Å². The molecule has 0 aliphatic carbocycles. The SMILES string of the molecule is C=CC1CCO[C@@H](C)C1. The Morgan fingerprint density at radius 2 is 2.44 bits per heavy atom. The molecule has 1 aliphatic rings. The average molecular weight is 126 g/mol. The van der Waals surface area contributed by atoms with E-state index in [1.54, 1.807) is 0 Å². The fourth-order valence-electron chi connectivity index (χ4n) is 1.25. The Labute approximate surface area is 56.7 Å². The maximum atomic E-state index is 5.36. The standard InChI is InChI=1S/C8H14O/c1-3-8-4-5-9-7(2)6-8/h3,7-8H,1,4-6H2,2H3/t7-,8?/m0/s1. The minimum atomic E-state index is 0.446. The van der Waals surface area contributed by atoms with E-state index in [0.29, 0.717) is 12.0 Å². The summed E-state index contributed by atoms with van der Waals surface area (Å²) in [4.78, 5) is 0. The van der Waals surface area contributed by atoms with Gasteiger partial charge in [-0.3, -0.25) is 0 Å². The molecule has 1 heteroatoms. The van der Waals surface area contributed by atoms with E-state index in [4.69, 9.17) is 4.74 Å². The van der Waals surface area contributed by atoms with Crippen LogP contribution in [0.3, 0.4) is 0 Å². The summed E-state index contributed by atoms with van der Waals surface area (Å²) in [5.41, 5.74) is 0. The van der Waals surface area contributed by atoms with Crippen LogP contribution in [0.15, 0.2) is 12.7 Å². The van der Waals surface area contributed by atoms with Crippen LogP contribution < -0.4 is 0 Å². The van der Waals surface area contributed by atoms with Crippen LogP contribution in [-0.2, 0) is 4.74 Å². The second-order valence-electron chi connectivity index (χ2n) is 2.70. The van der Waals surface area contributed by atoms with Gasteiger partial charge in [-0.2, -0.15) is 0 Å². The predicted molar refractivity (Wildman–Crippen MR) is 38.3 cm³/mol. The van der Waals surface area contributed by atoms with E-state index < -0.39 is 0 Å². The highest BCUT2D eigenvalue weighted by Crippen LogP contribution is 2.19. The van der Waals surface area contributed by atoms with Crippen molar-refractivity contribution in [2.75, 3.05) is 6.61 Å². The monoisotopic (exact) mass is 126 g/mol. The van der Waals surface area contributed by atoms with Crippen LogP contribution in [0.4, 0.5) is 0 Å². The highest BCUT2D eigenvalue weighted by molar-refractivity contribution is 4.82. The zero-order chi connectivity index (χ0) is 6.69. The summed E-state index contributed by atoms with van der Waals surface area (Å²) >= 11 is 0. The van der Waals surface area contributed by atoms with E-state index >= 15 is 0 Å². The van der Waals surface area contributed by atoms with E-state index in [9.17, 15) is 0 Å². The summed E-state index contributed by atoms with van der Waals surface area (Å²) in [5, 5.41) is 0. The molecule has 9 heavy (non-hydrogen) atoms. The summed E-state index contributed by atoms with van der Waals surface area (Å²) in [6, 6.07) is 0. The summed E-state index contributed by atoms with van der Waals surface area (Å²) in [6.07, 6.45) is 4.80. The summed E-state index contributed by atoms with van der Waals surface area (Å²) in [7, 11) is 0. The van der Waals surface area contributed by atoms with Gasteiger partial charge in [-0.25, -0.2) is 0 Å². The van der Waals surface area contributed by atoms with Gasteiger partial charge in [0.25, 0.3) is 0 Å². The normalized spacial score (nSPS) is 36.1. The Kier molecular flexibility index (Phi) is 2.29. The van der Waals surface area contributed by atoms with Gasteiger partial charge in [0.15, 0.2) is 0 Å². The Morgan fingerprint density at radius 1 is 1.67 bits per heavy atom. The number of rotatable bonds is 1. The molecule has 1 saturated heterocycles. The van der Waals surface area contributed by atoms with Crippen molar-refractivity contribution >= 4 is 0 Å². The predicted octanol–water partition coefficient (Wildman–Crippen LogP) is 1.99. The van der Waals surface area contributed by atoms with E-state index in [2.05, 4.69) is 13.5 Å². The number of hydrogen-bond donors (Lipinski definition) is 0. The summed E-state index contributed by atoms with van der Waals surface area (Å²) in [5.74, 6) is 0.703. The van der Waals surface area contributed by atoms with Crippen molar-refractivity contribution < 1.29 is 4.74 Å². The molecule has 0 bridgehead atoms. The van der Waals surface area contributed by atoms with E-state index in [0.717, 1.165) is 19.4 Å². The lowest BCUT2D eigenvalue weighted by Crippen LogP contribution is -2.21. The van der Waals surface area contributed by atoms with Crippen molar-refractivity contribution in [3.05, 3.63) is 12.7 Å². The molecule has 0 N–H and O–H groups in total. The van der Waals surface area contributed by atoms with Gasteiger partial charge in [-0.05, 0) is 25.7 Å². The molecule has 0 saturated carbocycles. The van der Waals surface area contributed by atoms with Gasteiger partial charge in [-0.1, -0.05) is 6.08 Å². The van der Waals surface area contributed by atoms with Gasteiger partial charge in [-0.15, -0.1) is 6.58 Å². The van der Waals surface area contributed by atoms with E-state index in [1.807, 2.05) is 6.08 Å². The van der Waals surface area contributed by atoms with Crippen molar-refractivity contribution in [3.63, 3.8) is 0 Å². The lowest BCUT2D eigenvalue weighted by Gasteiger charge is -2.24. The van der Waals surface area contributed by atoms with Crippen LogP contribution in [0, 0.1) is 5.92 Å². The molecule has 0 amide bonds. The van der Waals surface area contributed by atoms with Gasteiger partial charge in [0.2, 0.25) is 0 Å². The minimum absolute atomic E-state index is 0.446. The molecule has 1 heterocycles. The van der Waals surface area contributed by atoms with Crippen molar-refractivity contribution in [2.24, 2.45) is 5.92 Å². The third-order valence-corrected chi connectivity index (χ3v) is 1.86. The fraction of sp³-hybridized carbons (Fsp3) is 0.750. The quantitative estimate of drug-likeness (QED) is 0.488. The third-order valence-electron chi connectivity index (χ3n) is 1.86. The first-order chi connectivity index (χ1) is 4.33. The molecule has 0 radical (unpaired) electrons. The Morgan fingerprint density at radius 3 is 2.89 bits per heavy atom. The zero-order valence-corrected chi connectivity index (χ0v) is 5.97. The number of hydrogen-bond acceptors (Lipinski definition) is 1. The summed E-state index contributed by atoms with van der Waals surface area (Å²) in [6.45, 7) is 6.80. The van der Waals surface area contributed by atoms with Crippen LogP contribution >= 0.6 is 0 Å². The van der Waals surface area contributed by atoms with Gasteiger partial charge >= 0.3 is 0 Å². The molecule has 0 aromatic heterocycles. The molecule has 1 rings (SSSR count). The molecule has 0 spiro atoms. The highest BCUT2D eigenvalue weighted by Gasteiger charge is 2.15. The van der Waals surface area contributed by atoms with Gasteiger partial charge in [0.05, 0.1) is 6.10 Å². The lowest BCUT2D eigenvalue weighted by atomic mass is 9.97. The van der Waals surface area contributed by atoms with E-state index in [-0.39, 0.29) is 0 Å². The van der Waals surface area contributed by atoms with Crippen LogP contribution in [0.2, 0.25) is 0 Å². The topological polar surface area (TPSA) is 9.23 Å². The smallest absolute Gasteiger partial charge is 0.0552 e. The first-order valence-corrected chi connectivity index (χ1v) is 3.57. The first kappa shape index (κ1) is 6.81. The zero-order valence-electron chi connectivity index (χ0n) is 5.97. The molecular formula is C8H14O. The number of allylic oxidation sites excluding steroid dienone is 1. The summed E-state index contributed by atoms with van der Waals surface area (Å²) < 4.78 is 5.36.